The normalized spacial score (nSPS) is 26.5. The summed E-state index contributed by atoms with van der Waals surface area (Å²) in [6.07, 6.45) is 2.71. The summed E-state index contributed by atoms with van der Waals surface area (Å²) in [6.45, 7) is 5.02. The monoisotopic (exact) mass is 410 g/mol. The summed E-state index contributed by atoms with van der Waals surface area (Å²) in [7, 11) is -1.70. The predicted octanol–water partition coefficient (Wildman–Crippen LogP) is 1.73. The molecule has 0 radical (unpaired) electrons. The molecule has 0 unspecified atom stereocenters. The van der Waals surface area contributed by atoms with Crippen molar-refractivity contribution in [2.24, 2.45) is 11.3 Å². The maximum atomic E-state index is 12.9. The molecule has 0 aliphatic carbocycles. The molecule has 28 heavy (non-hydrogen) atoms. The van der Waals surface area contributed by atoms with Crippen molar-refractivity contribution in [2.45, 2.75) is 26.3 Å². The van der Waals surface area contributed by atoms with Crippen LogP contribution in [0.5, 0.6) is 5.75 Å². The highest BCUT2D eigenvalue weighted by Crippen LogP contribution is 2.44. The Kier molecular flexibility index (Phi) is 6.31. The van der Waals surface area contributed by atoms with E-state index >= 15 is 0 Å². The van der Waals surface area contributed by atoms with Crippen molar-refractivity contribution < 1.29 is 22.7 Å². The number of sulfonamides is 1. The molecule has 1 aromatic rings. The maximum absolute atomic E-state index is 12.9. The Morgan fingerprint density at radius 2 is 1.96 bits per heavy atom. The van der Waals surface area contributed by atoms with Crippen molar-refractivity contribution in [1.82, 2.24) is 9.21 Å². The molecule has 2 aliphatic rings. The fourth-order valence-corrected chi connectivity index (χ4v) is 5.37. The summed E-state index contributed by atoms with van der Waals surface area (Å²) in [5.41, 5.74) is 0.427. The van der Waals surface area contributed by atoms with Crippen molar-refractivity contribution >= 4 is 16.0 Å². The summed E-state index contributed by atoms with van der Waals surface area (Å²) in [5.74, 6) is 0.500. The van der Waals surface area contributed by atoms with E-state index in [1.54, 1.807) is 14.0 Å². The van der Waals surface area contributed by atoms with Crippen molar-refractivity contribution in [2.75, 3.05) is 46.2 Å². The molecule has 1 aromatic carbocycles. The van der Waals surface area contributed by atoms with Gasteiger partial charge in [0.05, 0.1) is 25.4 Å². The van der Waals surface area contributed by atoms with Crippen LogP contribution in [0.1, 0.15) is 25.3 Å². The van der Waals surface area contributed by atoms with Gasteiger partial charge in [-0.25, -0.2) is 12.7 Å². The molecule has 7 nitrogen and oxygen atoms in total. The van der Waals surface area contributed by atoms with E-state index in [4.69, 9.17) is 9.47 Å². The van der Waals surface area contributed by atoms with E-state index in [1.165, 1.54) is 16.1 Å². The molecule has 2 fully saturated rings. The molecule has 156 valence electrons. The van der Waals surface area contributed by atoms with Gasteiger partial charge in [-0.15, -0.1) is 0 Å². The number of esters is 1. The molecular formula is C20H30N2O5S. The molecule has 2 saturated heterocycles. The van der Waals surface area contributed by atoms with Gasteiger partial charge in [0.15, 0.2) is 0 Å². The van der Waals surface area contributed by atoms with Gasteiger partial charge in [-0.05, 0) is 44.0 Å². The van der Waals surface area contributed by atoms with E-state index in [1.807, 2.05) is 24.3 Å². The molecule has 0 spiro atoms. The molecule has 3 rings (SSSR count). The molecule has 8 heteroatoms. The number of methoxy groups -OCH3 is 1. The van der Waals surface area contributed by atoms with Crippen molar-refractivity contribution in [1.29, 1.82) is 0 Å². The third-order valence-corrected chi connectivity index (χ3v) is 7.17. The van der Waals surface area contributed by atoms with Crippen LogP contribution >= 0.6 is 0 Å². The zero-order valence-electron chi connectivity index (χ0n) is 16.9. The van der Waals surface area contributed by atoms with Crippen LogP contribution in [-0.4, -0.2) is 69.7 Å². The highest BCUT2D eigenvalue weighted by molar-refractivity contribution is 7.88. The first kappa shape index (κ1) is 21.1. The van der Waals surface area contributed by atoms with Gasteiger partial charge < -0.3 is 9.47 Å². The SMILES string of the molecule is CCOC(=O)[C@@]12CCCN(Cc3ccc(OC)cc3)C[C@@H]1CN(S(C)(=O)=O)C2. The first-order valence-electron chi connectivity index (χ1n) is 9.76. The van der Waals surface area contributed by atoms with Crippen LogP contribution in [0, 0.1) is 11.3 Å². The Morgan fingerprint density at radius 3 is 2.57 bits per heavy atom. The lowest BCUT2D eigenvalue weighted by molar-refractivity contribution is -0.157. The van der Waals surface area contributed by atoms with Crippen LogP contribution in [0.3, 0.4) is 0 Å². The Bertz CT molecular complexity index is 795. The van der Waals surface area contributed by atoms with Crippen LogP contribution in [-0.2, 0) is 26.1 Å². The smallest absolute Gasteiger partial charge is 0.313 e. The second-order valence-corrected chi connectivity index (χ2v) is 9.80. The van der Waals surface area contributed by atoms with Crippen LogP contribution < -0.4 is 4.74 Å². The van der Waals surface area contributed by atoms with E-state index in [0.717, 1.165) is 25.3 Å². The summed E-state index contributed by atoms with van der Waals surface area (Å²) < 4.78 is 36.4. The molecule has 2 atom stereocenters. The summed E-state index contributed by atoms with van der Waals surface area (Å²) in [5, 5.41) is 0. The highest BCUT2D eigenvalue weighted by atomic mass is 32.2. The molecule has 0 bridgehead atoms. The maximum Gasteiger partial charge on any atom is 0.313 e. The number of benzene rings is 1. The molecule has 0 N–H and O–H groups in total. The highest BCUT2D eigenvalue weighted by Gasteiger charge is 2.55. The van der Waals surface area contributed by atoms with Crippen LogP contribution in [0.4, 0.5) is 0 Å². The van der Waals surface area contributed by atoms with E-state index in [2.05, 4.69) is 4.90 Å². The lowest BCUT2D eigenvalue weighted by atomic mass is 9.75. The van der Waals surface area contributed by atoms with Gasteiger partial charge in [0.25, 0.3) is 0 Å². The Labute approximate surface area is 167 Å². The van der Waals surface area contributed by atoms with Gasteiger partial charge in [-0.1, -0.05) is 12.1 Å². The Balaban J connectivity index is 1.80. The second kappa shape index (κ2) is 8.39. The van der Waals surface area contributed by atoms with Gasteiger partial charge in [0.1, 0.15) is 5.75 Å². The quantitative estimate of drug-likeness (QED) is 0.665. The minimum Gasteiger partial charge on any atom is -0.497 e. The van der Waals surface area contributed by atoms with E-state index in [-0.39, 0.29) is 18.4 Å². The van der Waals surface area contributed by atoms with E-state index in [0.29, 0.717) is 26.1 Å². The fraction of sp³-hybridized carbons (Fsp3) is 0.650. The summed E-state index contributed by atoms with van der Waals surface area (Å²) in [6, 6.07) is 7.97. The molecule has 0 saturated carbocycles. The van der Waals surface area contributed by atoms with Crippen molar-refractivity contribution in [3.63, 3.8) is 0 Å². The average molecular weight is 411 g/mol. The summed E-state index contributed by atoms with van der Waals surface area (Å²) in [4.78, 5) is 15.2. The zero-order valence-corrected chi connectivity index (χ0v) is 17.7. The van der Waals surface area contributed by atoms with E-state index < -0.39 is 15.4 Å². The van der Waals surface area contributed by atoms with Gasteiger partial charge in [0, 0.05) is 32.1 Å². The lowest BCUT2D eigenvalue weighted by Gasteiger charge is -2.31. The van der Waals surface area contributed by atoms with E-state index in [9.17, 15) is 13.2 Å². The number of nitrogens with zero attached hydrogens (tertiary/aromatic N) is 2. The minimum absolute atomic E-state index is 0.0676. The minimum atomic E-state index is -3.35. The van der Waals surface area contributed by atoms with Crippen LogP contribution in [0.15, 0.2) is 24.3 Å². The van der Waals surface area contributed by atoms with Crippen molar-refractivity contribution in [3.05, 3.63) is 29.8 Å². The number of fused-ring (bicyclic) bond motifs is 1. The number of carbonyl (C=O) groups is 1. The topological polar surface area (TPSA) is 76.2 Å². The number of likely N-dealkylation sites (tertiary alicyclic amines) is 1. The number of hydrogen-bond acceptors (Lipinski definition) is 6. The third-order valence-electron chi connectivity index (χ3n) is 5.96. The van der Waals surface area contributed by atoms with Crippen LogP contribution in [0.2, 0.25) is 0 Å². The molecule has 2 heterocycles. The number of hydrogen-bond donors (Lipinski definition) is 0. The number of ether oxygens (including phenoxy) is 2. The first-order chi connectivity index (χ1) is 13.3. The molecular weight excluding hydrogens is 380 g/mol. The standard InChI is InChI=1S/C20H30N2O5S/c1-4-27-19(23)20-10-5-11-21(12-16-6-8-18(26-2)9-7-16)13-17(20)14-22(15-20)28(3,24)25/h6-9,17H,4-5,10-15H2,1-3H3/t17-,20-/m1/s1. The fourth-order valence-electron chi connectivity index (χ4n) is 4.46. The largest absolute Gasteiger partial charge is 0.497 e. The van der Waals surface area contributed by atoms with Gasteiger partial charge >= 0.3 is 5.97 Å². The second-order valence-electron chi connectivity index (χ2n) is 7.82. The summed E-state index contributed by atoms with van der Waals surface area (Å²) >= 11 is 0. The van der Waals surface area contributed by atoms with Crippen LogP contribution in [0.25, 0.3) is 0 Å². The van der Waals surface area contributed by atoms with Gasteiger partial charge in [0.2, 0.25) is 10.0 Å². The number of carbonyl (C=O) groups excluding carboxylic acids is 1. The zero-order chi connectivity index (χ0) is 20.4. The predicted molar refractivity (Wildman–Crippen MR) is 106 cm³/mol. The van der Waals surface area contributed by atoms with Gasteiger partial charge in [-0.3, -0.25) is 9.69 Å². The van der Waals surface area contributed by atoms with Crippen molar-refractivity contribution in [3.8, 4) is 5.75 Å². The molecule has 0 amide bonds. The number of rotatable bonds is 6. The average Bonchev–Trinajstić information content (AvgIpc) is 2.94. The molecule has 0 aromatic heterocycles. The Morgan fingerprint density at radius 1 is 1.25 bits per heavy atom. The molecule has 2 aliphatic heterocycles. The van der Waals surface area contributed by atoms with Gasteiger partial charge in [-0.2, -0.15) is 0 Å². The third kappa shape index (κ3) is 4.34. The first-order valence-corrected chi connectivity index (χ1v) is 11.6. The lowest BCUT2D eigenvalue weighted by Crippen LogP contribution is -2.42. The Hall–Kier alpha value is -1.64.